The van der Waals surface area contributed by atoms with Gasteiger partial charge in [0.1, 0.15) is 11.6 Å². The number of aryl methyl sites for hydroxylation is 1. The smallest absolute Gasteiger partial charge is 0.229 e. The molecule has 0 radical (unpaired) electrons. The number of nitrogens with one attached hydrogen (secondary N) is 2. The van der Waals surface area contributed by atoms with Crippen LogP contribution in [0.15, 0.2) is 54.6 Å². The minimum Gasteiger partial charge on any atom is -0.497 e. The molecule has 1 aromatic heterocycles. The maximum absolute atomic E-state index is 12.5. The monoisotopic (exact) mass is 360 g/mol. The molecule has 0 saturated heterocycles. The predicted molar refractivity (Wildman–Crippen MR) is 105 cm³/mol. The first-order chi connectivity index (χ1) is 13.2. The lowest BCUT2D eigenvalue weighted by Crippen LogP contribution is -2.17. The highest BCUT2D eigenvalue weighted by molar-refractivity contribution is 6.03. The van der Waals surface area contributed by atoms with Crippen molar-refractivity contribution in [2.45, 2.75) is 19.3 Å². The number of ether oxygens (including phenoxy) is 1. The maximum Gasteiger partial charge on any atom is 0.229 e. The molecule has 0 amide bonds. The van der Waals surface area contributed by atoms with E-state index >= 15 is 0 Å². The zero-order valence-corrected chi connectivity index (χ0v) is 15.0. The number of para-hydroxylation sites is 1. The van der Waals surface area contributed by atoms with Gasteiger partial charge in [-0.3, -0.25) is 4.79 Å². The Balaban J connectivity index is 1.69. The zero-order chi connectivity index (χ0) is 18.6. The molecule has 1 heterocycles. The van der Waals surface area contributed by atoms with E-state index in [9.17, 15) is 4.79 Å². The first-order valence-corrected chi connectivity index (χ1v) is 8.90. The number of hydrogen-bond acceptors (Lipinski definition) is 6. The number of benzene rings is 2. The number of nitrogens with zero attached hydrogens (tertiary/aromatic N) is 2. The van der Waals surface area contributed by atoms with Crippen molar-refractivity contribution in [3.05, 3.63) is 65.9 Å². The molecule has 2 N–H and O–H groups in total. The number of methoxy groups -OCH3 is 1. The first-order valence-electron chi connectivity index (χ1n) is 8.90. The number of anilines is 4. The van der Waals surface area contributed by atoms with Crippen LogP contribution in [0.3, 0.4) is 0 Å². The Labute approximate surface area is 157 Å². The fourth-order valence-corrected chi connectivity index (χ4v) is 3.13. The molecular formula is C21H20N4O2. The van der Waals surface area contributed by atoms with Crippen molar-refractivity contribution in [2.24, 2.45) is 0 Å². The van der Waals surface area contributed by atoms with E-state index in [4.69, 9.17) is 4.74 Å². The number of Topliss-reactive ketones (excluding diaryl/α,β-unsaturated/α-hetero) is 1. The third-order valence-corrected chi connectivity index (χ3v) is 4.46. The van der Waals surface area contributed by atoms with Gasteiger partial charge >= 0.3 is 0 Å². The van der Waals surface area contributed by atoms with Crippen molar-refractivity contribution >= 4 is 28.9 Å². The summed E-state index contributed by atoms with van der Waals surface area (Å²) in [6, 6.07) is 17.2. The SMILES string of the molecule is COc1ccc(Nc2nc3c(c(Nc4ccccc4)n2)C(=O)CCC3)cc1. The summed E-state index contributed by atoms with van der Waals surface area (Å²) in [6.07, 6.45) is 2.12. The van der Waals surface area contributed by atoms with Gasteiger partial charge in [-0.1, -0.05) is 18.2 Å². The second kappa shape index (κ2) is 7.45. The number of hydrogen-bond donors (Lipinski definition) is 2. The second-order valence-corrected chi connectivity index (χ2v) is 6.34. The lowest BCUT2D eigenvalue weighted by atomic mass is 9.95. The van der Waals surface area contributed by atoms with Gasteiger partial charge in [-0.15, -0.1) is 0 Å². The molecule has 136 valence electrons. The van der Waals surface area contributed by atoms with Crippen LogP contribution in [0.2, 0.25) is 0 Å². The number of rotatable bonds is 5. The Morgan fingerprint density at radius 3 is 2.37 bits per heavy atom. The van der Waals surface area contributed by atoms with Gasteiger partial charge in [-0.05, 0) is 49.2 Å². The minimum absolute atomic E-state index is 0.0886. The molecule has 1 aliphatic carbocycles. The van der Waals surface area contributed by atoms with Crippen LogP contribution in [0.5, 0.6) is 5.75 Å². The van der Waals surface area contributed by atoms with Crippen molar-refractivity contribution in [2.75, 3.05) is 17.7 Å². The zero-order valence-electron chi connectivity index (χ0n) is 15.0. The Bertz CT molecular complexity index is 956. The summed E-state index contributed by atoms with van der Waals surface area (Å²) in [5.41, 5.74) is 3.12. The van der Waals surface area contributed by atoms with Crippen LogP contribution >= 0.6 is 0 Å². The molecule has 1 aliphatic rings. The van der Waals surface area contributed by atoms with E-state index in [1.165, 1.54) is 0 Å². The number of carbonyl (C=O) groups is 1. The van der Waals surface area contributed by atoms with Gasteiger partial charge in [-0.2, -0.15) is 4.98 Å². The highest BCUT2D eigenvalue weighted by atomic mass is 16.5. The van der Waals surface area contributed by atoms with E-state index in [0.717, 1.165) is 35.7 Å². The van der Waals surface area contributed by atoms with Crippen LogP contribution in [0, 0.1) is 0 Å². The van der Waals surface area contributed by atoms with E-state index in [0.29, 0.717) is 23.8 Å². The third kappa shape index (κ3) is 3.74. The molecule has 0 bridgehead atoms. The first kappa shape index (κ1) is 17.0. The third-order valence-electron chi connectivity index (χ3n) is 4.46. The van der Waals surface area contributed by atoms with Gasteiger partial charge in [0.15, 0.2) is 5.78 Å². The Kier molecular flexibility index (Phi) is 4.70. The number of fused-ring (bicyclic) bond motifs is 1. The number of ketones is 1. The average molecular weight is 360 g/mol. The molecule has 4 rings (SSSR count). The Hall–Kier alpha value is -3.41. The fraction of sp³-hybridized carbons (Fsp3) is 0.190. The Morgan fingerprint density at radius 2 is 1.63 bits per heavy atom. The van der Waals surface area contributed by atoms with Crippen LogP contribution in [-0.2, 0) is 6.42 Å². The molecule has 3 aromatic rings. The molecule has 27 heavy (non-hydrogen) atoms. The van der Waals surface area contributed by atoms with Crippen molar-refractivity contribution < 1.29 is 9.53 Å². The number of carbonyl (C=O) groups excluding carboxylic acids is 1. The normalized spacial score (nSPS) is 13.0. The standard InChI is InChI=1S/C21H20N4O2/c1-27-16-12-10-15(11-13-16)23-21-24-17-8-5-9-18(26)19(17)20(25-21)22-14-6-3-2-4-7-14/h2-4,6-7,10-13H,5,8-9H2,1H3,(H2,22,23,24,25). The van der Waals surface area contributed by atoms with Gasteiger partial charge < -0.3 is 15.4 Å². The van der Waals surface area contributed by atoms with Crippen LogP contribution < -0.4 is 15.4 Å². The summed E-state index contributed by atoms with van der Waals surface area (Å²) < 4.78 is 5.18. The van der Waals surface area contributed by atoms with Crippen molar-refractivity contribution in [3.8, 4) is 5.75 Å². The summed E-state index contributed by atoms with van der Waals surface area (Å²) in [5.74, 6) is 1.88. The fourth-order valence-electron chi connectivity index (χ4n) is 3.13. The molecular weight excluding hydrogens is 340 g/mol. The topological polar surface area (TPSA) is 76.1 Å². The molecule has 0 unspecified atom stereocenters. The largest absolute Gasteiger partial charge is 0.497 e. The highest BCUT2D eigenvalue weighted by Gasteiger charge is 2.24. The van der Waals surface area contributed by atoms with Gasteiger partial charge in [0.25, 0.3) is 0 Å². The van der Waals surface area contributed by atoms with Crippen molar-refractivity contribution in [1.29, 1.82) is 0 Å². The average Bonchev–Trinajstić information content (AvgIpc) is 2.69. The number of aromatic nitrogens is 2. The van der Waals surface area contributed by atoms with Gasteiger partial charge in [0.2, 0.25) is 5.95 Å². The minimum atomic E-state index is 0.0886. The molecule has 0 aliphatic heterocycles. The van der Waals surface area contributed by atoms with Crippen molar-refractivity contribution in [1.82, 2.24) is 9.97 Å². The lowest BCUT2D eigenvalue weighted by Gasteiger charge is -2.19. The molecule has 0 atom stereocenters. The second-order valence-electron chi connectivity index (χ2n) is 6.34. The highest BCUT2D eigenvalue weighted by Crippen LogP contribution is 2.30. The van der Waals surface area contributed by atoms with Crippen LogP contribution in [0.1, 0.15) is 28.9 Å². The summed E-state index contributed by atoms with van der Waals surface area (Å²) in [5, 5.41) is 6.49. The quantitative estimate of drug-likeness (QED) is 0.698. The van der Waals surface area contributed by atoms with Gasteiger partial charge in [-0.25, -0.2) is 4.98 Å². The predicted octanol–water partition coefficient (Wildman–Crippen LogP) is 4.49. The van der Waals surface area contributed by atoms with E-state index in [-0.39, 0.29) is 5.78 Å². The molecule has 6 nitrogen and oxygen atoms in total. The summed E-state index contributed by atoms with van der Waals surface area (Å²) in [7, 11) is 1.63. The molecule has 0 fully saturated rings. The van der Waals surface area contributed by atoms with Gasteiger partial charge in [0, 0.05) is 17.8 Å². The maximum atomic E-state index is 12.5. The summed E-state index contributed by atoms with van der Waals surface area (Å²) >= 11 is 0. The van der Waals surface area contributed by atoms with Crippen LogP contribution in [-0.4, -0.2) is 22.9 Å². The van der Waals surface area contributed by atoms with Crippen LogP contribution in [0.25, 0.3) is 0 Å². The molecule has 6 heteroatoms. The molecule has 2 aromatic carbocycles. The van der Waals surface area contributed by atoms with Gasteiger partial charge in [0.05, 0.1) is 18.4 Å². The molecule has 0 saturated carbocycles. The summed E-state index contributed by atoms with van der Waals surface area (Å²) in [6.45, 7) is 0. The van der Waals surface area contributed by atoms with E-state index < -0.39 is 0 Å². The van der Waals surface area contributed by atoms with E-state index in [1.807, 2.05) is 54.6 Å². The van der Waals surface area contributed by atoms with E-state index in [1.54, 1.807) is 7.11 Å². The van der Waals surface area contributed by atoms with Crippen LogP contribution in [0.4, 0.5) is 23.1 Å². The molecule has 0 spiro atoms. The van der Waals surface area contributed by atoms with Crippen molar-refractivity contribution in [3.63, 3.8) is 0 Å². The lowest BCUT2D eigenvalue weighted by molar-refractivity contribution is 0.0972. The summed E-state index contributed by atoms with van der Waals surface area (Å²) in [4.78, 5) is 21.7. The van der Waals surface area contributed by atoms with E-state index in [2.05, 4.69) is 20.6 Å². The Morgan fingerprint density at radius 1 is 0.889 bits per heavy atom.